The molecule has 2 aromatic heterocycles. The molecule has 0 aliphatic heterocycles. The summed E-state index contributed by atoms with van der Waals surface area (Å²) in [5.41, 5.74) is 4.85. The van der Waals surface area contributed by atoms with Crippen molar-refractivity contribution in [3.63, 3.8) is 0 Å². The second-order valence-corrected chi connectivity index (χ2v) is 8.55. The van der Waals surface area contributed by atoms with Crippen LogP contribution in [0.2, 0.25) is 0 Å². The summed E-state index contributed by atoms with van der Waals surface area (Å²) in [5.74, 6) is 1.54. The fourth-order valence-electron chi connectivity index (χ4n) is 4.85. The molecular formula is C26H35N5O3. The van der Waals surface area contributed by atoms with Crippen molar-refractivity contribution in [3.05, 3.63) is 41.1 Å². The minimum Gasteiger partial charge on any atom is -0.481 e. The molecule has 0 radical (unpaired) electrons. The molecule has 182 valence electrons. The van der Waals surface area contributed by atoms with Crippen molar-refractivity contribution >= 4 is 22.8 Å². The summed E-state index contributed by atoms with van der Waals surface area (Å²) >= 11 is 0. The zero-order valence-electron chi connectivity index (χ0n) is 20.7. The Balaban J connectivity index is 1.53. The maximum absolute atomic E-state index is 12.9. The first kappa shape index (κ1) is 23.9. The smallest absolute Gasteiger partial charge is 0.253 e. The van der Waals surface area contributed by atoms with Crippen molar-refractivity contribution in [2.45, 2.75) is 52.5 Å². The molecule has 0 fully saturated rings. The van der Waals surface area contributed by atoms with Gasteiger partial charge in [-0.15, -0.1) is 0 Å². The first-order chi connectivity index (χ1) is 16.6. The van der Waals surface area contributed by atoms with E-state index in [2.05, 4.69) is 32.0 Å². The molecule has 8 heteroatoms. The lowest BCUT2D eigenvalue weighted by molar-refractivity contribution is 0.0773. The monoisotopic (exact) mass is 465 g/mol. The highest BCUT2D eigenvalue weighted by Gasteiger charge is 2.22. The number of nitrogens with zero attached hydrogens (tertiary/aromatic N) is 4. The number of hydrogen-bond donors (Lipinski definition) is 1. The van der Waals surface area contributed by atoms with Gasteiger partial charge in [0.2, 0.25) is 17.7 Å². The lowest BCUT2D eigenvalue weighted by atomic mass is 9.95. The summed E-state index contributed by atoms with van der Waals surface area (Å²) in [7, 11) is 3.15. The first-order valence-electron chi connectivity index (χ1n) is 12.2. The number of carbonyl (C=O) groups excluding carboxylic acids is 1. The molecule has 0 bridgehead atoms. The fraction of sp³-hybridized carbons (Fsp3) is 0.500. The number of nitrogens with one attached hydrogen (secondary N) is 1. The maximum atomic E-state index is 12.9. The van der Waals surface area contributed by atoms with E-state index in [1.807, 2.05) is 24.8 Å². The molecule has 34 heavy (non-hydrogen) atoms. The Morgan fingerprint density at radius 1 is 1.06 bits per heavy atom. The lowest BCUT2D eigenvalue weighted by Gasteiger charge is -2.18. The van der Waals surface area contributed by atoms with Crippen LogP contribution in [0.5, 0.6) is 11.8 Å². The molecule has 1 aliphatic carbocycles. The van der Waals surface area contributed by atoms with Crippen LogP contribution in [0.1, 0.15) is 54.7 Å². The van der Waals surface area contributed by atoms with Crippen LogP contribution in [-0.2, 0) is 19.4 Å². The number of fused-ring (bicyclic) bond motifs is 3. The number of anilines is 1. The number of carbonyl (C=O) groups is 1. The minimum atomic E-state index is 0.113. The number of rotatable bonds is 10. The van der Waals surface area contributed by atoms with Gasteiger partial charge in [0.1, 0.15) is 0 Å². The molecule has 4 rings (SSSR count). The molecule has 3 aromatic rings. The van der Waals surface area contributed by atoms with Crippen molar-refractivity contribution < 1.29 is 14.3 Å². The van der Waals surface area contributed by atoms with Crippen molar-refractivity contribution in [2.24, 2.45) is 0 Å². The molecule has 0 saturated heterocycles. The van der Waals surface area contributed by atoms with Gasteiger partial charge in [0.05, 0.1) is 20.3 Å². The van der Waals surface area contributed by atoms with Gasteiger partial charge in [0.15, 0.2) is 0 Å². The van der Waals surface area contributed by atoms with Crippen molar-refractivity contribution in [2.75, 3.05) is 39.2 Å². The van der Waals surface area contributed by atoms with E-state index >= 15 is 0 Å². The van der Waals surface area contributed by atoms with Crippen LogP contribution in [0.3, 0.4) is 0 Å². The predicted octanol–water partition coefficient (Wildman–Crippen LogP) is 4.31. The average molecular weight is 466 g/mol. The molecule has 8 nitrogen and oxygen atoms in total. The predicted molar refractivity (Wildman–Crippen MR) is 134 cm³/mol. The number of ether oxygens (including phenoxy) is 2. The summed E-state index contributed by atoms with van der Waals surface area (Å²) in [6.45, 7) is 7.12. The van der Waals surface area contributed by atoms with E-state index in [9.17, 15) is 4.79 Å². The van der Waals surface area contributed by atoms with E-state index in [1.165, 1.54) is 35.0 Å². The highest BCUT2D eigenvalue weighted by Crippen LogP contribution is 2.33. The largest absolute Gasteiger partial charge is 0.481 e. The number of hydrogen-bond acceptors (Lipinski definition) is 6. The van der Waals surface area contributed by atoms with E-state index in [0.29, 0.717) is 17.7 Å². The summed E-state index contributed by atoms with van der Waals surface area (Å²) in [4.78, 5) is 23.5. The topological polar surface area (TPSA) is 81.5 Å². The Morgan fingerprint density at radius 3 is 2.44 bits per heavy atom. The van der Waals surface area contributed by atoms with E-state index in [0.717, 1.165) is 51.0 Å². The SMILES string of the molecule is CCN(CC)C(=O)c1ccc2c(c1)c1c(n2CCCNc2nc(OC)cc(OC)n2)CCCC1. The Bertz CT molecular complexity index is 1130. The molecule has 0 saturated carbocycles. The minimum absolute atomic E-state index is 0.113. The Kier molecular flexibility index (Phi) is 7.55. The second-order valence-electron chi connectivity index (χ2n) is 8.55. The van der Waals surface area contributed by atoms with Crippen LogP contribution in [0.4, 0.5) is 5.95 Å². The molecule has 1 N–H and O–H groups in total. The van der Waals surface area contributed by atoms with Gasteiger partial charge in [0.25, 0.3) is 5.91 Å². The highest BCUT2D eigenvalue weighted by molar-refractivity contribution is 5.99. The quantitative estimate of drug-likeness (QED) is 0.449. The molecular weight excluding hydrogens is 430 g/mol. The highest BCUT2D eigenvalue weighted by atomic mass is 16.5. The molecule has 0 spiro atoms. The summed E-state index contributed by atoms with van der Waals surface area (Å²) in [6, 6.07) is 7.89. The molecule has 0 unspecified atom stereocenters. The zero-order chi connectivity index (χ0) is 24.1. The normalized spacial score (nSPS) is 12.9. The molecule has 1 aromatic carbocycles. The van der Waals surface area contributed by atoms with Crippen molar-refractivity contribution in [1.82, 2.24) is 19.4 Å². The van der Waals surface area contributed by atoms with Gasteiger partial charge in [0, 0.05) is 48.3 Å². The number of amides is 1. The fourth-order valence-corrected chi connectivity index (χ4v) is 4.85. The van der Waals surface area contributed by atoms with Crippen LogP contribution in [0, 0.1) is 0 Å². The van der Waals surface area contributed by atoms with Crippen LogP contribution in [0.15, 0.2) is 24.3 Å². The molecule has 1 amide bonds. The second kappa shape index (κ2) is 10.8. The van der Waals surface area contributed by atoms with Gasteiger partial charge >= 0.3 is 0 Å². The summed E-state index contributed by atoms with van der Waals surface area (Å²) < 4.78 is 12.9. The maximum Gasteiger partial charge on any atom is 0.253 e. The van der Waals surface area contributed by atoms with E-state index in [4.69, 9.17) is 9.47 Å². The van der Waals surface area contributed by atoms with E-state index < -0.39 is 0 Å². The standard InChI is InChI=1S/C26H35N5O3/c1-5-30(6-2)25(32)18-12-13-22-20(16-18)19-10-7-8-11-21(19)31(22)15-9-14-27-26-28-23(33-3)17-24(29-26)34-4/h12-13,16-17H,5-11,14-15H2,1-4H3,(H,27,28,29). The van der Waals surface area contributed by atoms with E-state index in [1.54, 1.807) is 20.3 Å². The third kappa shape index (κ3) is 4.81. The number of aryl methyl sites for hydroxylation is 2. The summed E-state index contributed by atoms with van der Waals surface area (Å²) in [5, 5.41) is 4.53. The van der Waals surface area contributed by atoms with Gasteiger partial charge in [-0.2, -0.15) is 9.97 Å². The summed E-state index contributed by atoms with van der Waals surface area (Å²) in [6.07, 6.45) is 5.50. The Morgan fingerprint density at radius 2 is 1.76 bits per heavy atom. The number of methoxy groups -OCH3 is 2. The molecule has 2 heterocycles. The van der Waals surface area contributed by atoms with Gasteiger partial charge in [-0.1, -0.05) is 0 Å². The van der Waals surface area contributed by atoms with Crippen LogP contribution >= 0.6 is 0 Å². The Hall–Kier alpha value is -3.29. The van der Waals surface area contributed by atoms with Crippen LogP contribution < -0.4 is 14.8 Å². The van der Waals surface area contributed by atoms with Gasteiger partial charge < -0.3 is 24.3 Å². The average Bonchev–Trinajstić information content (AvgIpc) is 3.20. The lowest BCUT2D eigenvalue weighted by Crippen LogP contribution is -2.30. The van der Waals surface area contributed by atoms with Crippen LogP contribution in [-0.4, -0.2) is 59.2 Å². The van der Waals surface area contributed by atoms with Crippen molar-refractivity contribution in [3.8, 4) is 11.8 Å². The Labute approximate surface area is 201 Å². The third-order valence-corrected chi connectivity index (χ3v) is 6.61. The number of benzene rings is 1. The van der Waals surface area contributed by atoms with Gasteiger partial charge in [-0.3, -0.25) is 4.79 Å². The van der Waals surface area contributed by atoms with Gasteiger partial charge in [-0.25, -0.2) is 0 Å². The van der Waals surface area contributed by atoms with E-state index in [-0.39, 0.29) is 5.91 Å². The molecule has 0 atom stereocenters. The van der Waals surface area contributed by atoms with Gasteiger partial charge in [-0.05, 0) is 69.7 Å². The zero-order valence-corrected chi connectivity index (χ0v) is 20.7. The van der Waals surface area contributed by atoms with Crippen molar-refractivity contribution in [1.29, 1.82) is 0 Å². The third-order valence-electron chi connectivity index (χ3n) is 6.61. The first-order valence-corrected chi connectivity index (χ1v) is 12.2. The van der Waals surface area contributed by atoms with Crippen LogP contribution in [0.25, 0.3) is 10.9 Å². The number of aromatic nitrogens is 3. The molecule has 1 aliphatic rings.